The van der Waals surface area contributed by atoms with E-state index in [1.807, 2.05) is 42.5 Å². The summed E-state index contributed by atoms with van der Waals surface area (Å²) in [5, 5.41) is 0. The van der Waals surface area contributed by atoms with Crippen molar-refractivity contribution in [3.63, 3.8) is 0 Å². The van der Waals surface area contributed by atoms with Crippen LogP contribution in [0.2, 0.25) is 0 Å². The van der Waals surface area contributed by atoms with E-state index in [2.05, 4.69) is 14.8 Å². The molecule has 1 aromatic heterocycles. The molecule has 1 aromatic carbocycles. The lowest BCUT2D eigenvalue weighted by molar-refractivity contribution is -0.141. The van der Waals surface area contributed by atoms with E-state index >= 15 is 0 Å². The molecule has 6 heteroatoms. The van der Waals surface area contributed by atoms with E-state index in [0.717, 1.165) is 37.4 Å². The fourth-order valence-corrected chi connectivity index (χ4v) is 3.68. The van der Waals surface area contributed by atoms with Gasteiger partial charge in [-0.3, -0.25) is 24.4 Å². The number of carbonyl (C=O) groups is 2. The second kappa shape index (κ2) is 7.25. The predicted molar refractivity (Wildman–Crippen MR) is 98.5 cm³/mol. The van der Waals surface area contributed by atoms with Gasteiger partial charge in [0.1, 0.15) is 0 Å². The van der Waals surface area contributed by atoms with Crippen LogP contribution >= 0.6 is 0 Å². The fraction of sp³-hybridized carbons (Fsp3) is 0.350. The molecular weight excluding hydrogens is 328 g/mol. The van der Waals surface area contributed by atoms with Gasteiger partial charge in [0.2, 0.25) is 11.8 Å². The number of benzene rings is 1. The van der Waals surface area contributed by atoms with Crippen LogP contribution in [0.5, 0.6) is 0 Å². The molecule has 0 radical (unpaired) electrons. The van der Waals surface area contributed by atoms with Gasteiger partial charge in [-0.25, -0.2) is 0 Å². The molecule has 3 heterocycles. The van der Waals surface area contributed by atoms with Crippen molar-refractivity contribution in [1.29, 1.82) is 0 Å². The number of aromatic nitrogens is 1. The number of amides is 2. The van der Waals surface area contributed by atoms with Crippen molar-refractivity contribution in [3.8, 4) is 0 Å². The largest absolute Gasteiger partial charge is 0.369 e. The summed E-state index contributed by atoms with van der Waals surface area (Å²) in [6, 6.07) is 13.6. The highest BCUT2D eigenvalue weighted by atomic mass is 16.2. The Bertz CT molecular complexity index is 773. The number of pyridine rings is 1. The molecule has 6 nitrogen and oxygen atoms in total. The Morgan fingerprint density at radius 3 is 2.31 bits per heavy atom. The molecule has 0 unspecified atom stereocenters. The Morgan fingerprint density at radius 1 is 0.923 bits per heavy atom. The lowest BCUT2D eigenvalue weighted by Gasteiger charge is -2.37. The second-order valence-electron chi connectivity index (χ2n) is 6.78. The van der Waals surface area contributed by atoms with E-state index in [0.29, 0.717) is 6.67 Å². The van der Waals surface area contributed by atoms with Gasteiger partial charge < -0.3 is 4.90 Å². The highest BCUT2D eigenvalue weighted by Crippen LogP contribution is 2.29. The molecule has 0 saturated carbocycles. The number of rotatable bonds is 4. The van der Waals surface area contributed by atoms with Crippen LogP contribution in [-0.2, 0) is 9.59 Å². The number of carbonyl (C=O) groups excluding carboxylic acids is 2. The van der Waals surface area contributed by atoms with Gasteiger partial charge in [-0.05, 0) is 17.7 Å². The summed E-state index contributed by atoms with van der Waals surface area (Å²) in [6.45, 7) is 3.81. The van der Waals surface area contributed by atoms with E-state index in [1.54, 1.807) is 12.4 Å². The van der Waals surface area contributed by atoms with Gasteiger partial charge in [0, 0.05) is 50.7 Å². The number of imide groups is 1. The molecule has 4 rings (SSSR count). The molecule has 2 aromatic rings. The predicted octanol–water partition coefficient (Wildman–Crippen LogP) is 1.70. The minimum atomic E-state index is -0.332. The van der Waals surface area contributed by atoms with Gasteiger partial charge in [-0.15, -0.1) is 0 Å². The monoisotopic (exact) mass is 350 g/mol. The molecule has 2 saturated heterocycles. The zero-order valence-corrected chi connectivity index (χ0v) is 14.6. The lowest BCUT2D eigenvalue weighted by atomic mass is 9.98. The molecule has 2 aliphatic heterocycles. The number of hydrogen-bond donors (Lipinski definition) is 0. The van der Waals surface area contributed by atoms with Crippen molar-refractivity contribution in [1.82, 2.24) is 14.8 Å². The minimum absolute atomic E-state index is 0.0691. The van der Waals surface area contributed by atoms with Crippen LogP contribution in [0.4, 0.5) is 5.69 Å². The molecule has 0 N–H and O–H groups in total. The van der Waals surface area contributed by atoms with Gasteiger partial charge in [-0.1, -0.05) is 30.3 Å². The Kier molecular flexibility index (Phi) is 4.67. The molecular formula is C20H22N4O2. The number of likely N-dealkylation sites (tertiary alicyclic amines) is 1. The highest BCUT2D eigenvalue weighted by Gasteiger charge is 2.40. The minimum Gasteiger partial charge on any atom is -0.369 e. The van der Waals surface area contributed by atoms with Crippen LogP contribution < -0.4 is 4.90 Å². The number of hydrogen-bond acceptors (Lipinski definition) is 5. The summed E-state index contributed by atoms with van der Waals surface area (Å²) in [7, 11) is 0. The lowest BCUT2D eigenvalue weighted by Crippen LogP contribution is -2.51. The van der Waals surface area contributed by atoms with Crippen LogP contribution in [0.3, 0.4) is 0 Å². The molecule has 0 spiro atoms. The van der Waals surface area contributed by atoms with E-state index in [9.17, 15) is 9.59 Å². The maximum atomic E-state index is 12.7. The molecule has 1 atom stereocenters. The number of piperazine rings is 1. The third kappa shape index (κ3) is 3.32. The first-order valence-corrected chi connectivity index (χ1v) is 8.99. The van der Waals surface area contributed by atoms with Gasteiger partial charge in [0.25, 0.3) is 0 Å². The van der Waals surface area contributed by atoms with E-state index < -0.39 is 0 Å². The van der Waals surface area contributed by atoms with Crippen molar-refractivity contribution < 1.29 is 9.59 Å². The van der Waals surface area contributed by atoms with Crippen molar-refractivity contribution in [3.05, 3.63) is 60.4 Å². The van der Waals surface area contributed by atoms with Gasteiger partial charge in [0.15, 0.2) is 0 Å². The van der Waals surface area contributed by atoms with E-state index in [4.69, 9.17) is 0 Å². The summed E-state index contributed by atoms with van der Waals surface area (Å²) in [4.78, 5) is 35.1. The SMILES string of the molecule is O=C1C[C@H](c2ccccc2)C(=O)N1CN1CCN(c2ccncc2)CC1. The summed E-state index contributed by atoms with van der Waals surface area (Å²) >= 11 is 0. The standard InChI is InChI=1S/C20H22N4O2/c25-19-14-18(16-4-2-1-3-5-16)20(26)24(19)15-22-10-12-23(13-11-22)17-6-8-21-9-7-17/h1-9,18H,10-15H2/t18-/m1/s1. The molecule has 0 bridgehead atoms. The Labute approximate surface area is 153 Å². The third-order valence-electron chi connectivity index (χ3n) is 5.19. The number of nitrogens with zero attached hydrogens (tertiary/aromatic N) is 4. The average molecular weight is 350 g/mol. The van der Waals surface area contributed by atoms with Crippen LogP contribution in [0.25, 0.3) is 0 Å². The van der Waals surface area contributed by atoms with Crippen molar-refractivity contribution >= 4 is 17.5 Å². The van der Waals surface area contributed by atoms with Gasteiger partial charge in [0.05, 0.1) is 12.6 Å². The van der Waals surface area contributed by atoms with E-state index in [1.165, 1.54) is 4.90 Å². The van der Waals surface area contributed by atoms with E-state index in [-0.39, 0.29) is 24.2 Å². The van der Waals surface area contributed by atoms with Crippen LogP contribution in [0.1, 0.15) is 17.9 Å². The van der Waals surface area contributed by atoms with Gasteiger partial charge in [-0.2, -0.15) is 0 Å². The average Bonchev–Trinajstić information content (AvgIpc) is 2.98. The molecule has 134 valence electrons. The number of anilines is 1. The maximum Gasteiger partial charge on any atom is 0.238 e. The Morgan fingerprint density at radius 2 is 1.62 bits per heavy atom. The molecule has 2 aliphatic rings. The first kappa shape index (κ1) is 16.7. The van der Waals surface area contributed by atoms with Crippen LogP contribution in [0.15, 0.2) is 54.9 Å². The topological polar surface area (TPSA) is 56.8 Å². The zero-order chi connectivity index (χ0) is 17.9. The third-order valence-corrected chi connectivity index (χ3v) is 5.19. The molecule has 0 aliphatic carbocycles. The van der Waals surface area contributed by atoms with Crippen molar-refractivity contribution in [2.24, 2.45) is 0 Å². The summed E-state index contributed by atoms with van der Waals surface area (Å²) in [5.41, 5.74) is 2.09. The molecule has 26 heavy (non-hydrogen) atoms. The maximum absolute atomic E-state index is 12.7. The summed E-state index contributed by atoms with van der Waals surface area (Å²) in [5.74, 6) is -0.472. The Hall–Kier alpha value is -2.73. The van der Waals surface area contributed by atoms with Crippen LogP contribution in [-0.4, -0.2) is 59.4 Å². The summed E-state index contributed by atoms with van der Waals surface area (Å²) < 4.78 is 0. The highest BCUT2D eigenvalue weighted by molar-refractivity contribution is 6.06. The Balaban J connectivity index is 1.36. The zero-order valence-electron chi connectivity index (χ0n) is 14.6. The smallest absolute Gasteiger partial charge is 0.238 e. The van der Waals surface area contributed by atoms with Gasteiger partial charge >= 0.3 is 0 Å². The first-order valence-electron chi connectivity index (χ1n) is 8.99. The fourth-order valence-electron chi connectivity index (χ4n) is 3.68. The normalized spacial score (nSPS) is 21.5. The molecule has 2 fully saturated rings. The summed E-state index contributed by atoms with van der Waals surface area (Å²) in [6.07, 6.45) is 3.87. The van der Waals surface area contributed by atoms with Crippen molar-refractivity contribution in [2.75, 3.05) is 37.7 Å². The quantitative estimate of drug-likeness (QED) is 0.786. The second-order valence-corrected chi connectivity index (χ2v) is 6.78. The first-order chi connectivity index (χ1) is 12.7. The van der Waals surface area contributed by atoms with Crippen LogP contribution in [0, 0.1) is 0 Å². The molecule has 2 amide bonds. The van der Waals surface area contributed by atoms with Crippen molar-refractivity contribution in [2.45, 2.75) is 12.3 Å².